The molecule has 0 aromatic heterocycles. The first kappa shape index (κ1) is 22.6. The number of amides is 1. The van der Waals surface area contributed by atoms with Crippen LogP contribution in [0.25, 0.3) is 0 Å². The fourth-order valence-electron chi connectivity index (χ4n) is 3.89. The number of aryl methyl sites for hydroxylation is 2. The van der Waals surface area contributed by atoms with Gasteiger partial charge in [0.1, 0.15) is 12.4 Å². The van der Waals surface area contributed by atoms with E-state index in [1.54, 1.807) is 0 Å². The van der Waals surface area contributed by atoms with Crippen LogP contribution >= 0.6 is 12.2 Å². The zero-order valence-electron chi connectivity index (χ0n) is 18.9. The third kappa shape index (κ3) is 5.41. The summed E-state index contributed by atoms with van der Waals surface area (Å²) in [5.74, 6) is 0.595. The summed E-state index contributed by atoms with van der Waals surface area (Å²) >= 11 is 5.37. The number of nitrogens with one attached hydrogen (secondary N) is 3. The molecular formula is C27H27N3O2S. The summed E-state index contributed by atoms with van der Waals surface area (Å²) in [6.45, 7) is 6.39. The van der Waals surface area contributed by atoms with Crippen molar-refractivity contribution >= 4 is 28.9 Å². The molecule has 168 valence electrons. The fraction of sp³-hybridized carbons (Fsp3) is 0.185. The number of rotatable bonds is 6. The Hall–Kier alpha value is -3.64. The van der Waals surface area contributed by atoms with E-state index in [1.165, 1.54) is 0 Å². The maximum Gasteiger partial charge on any atom is 0.255 e. The third-order valence-electron chi connectivity index (χ3n) is 5.61. The molecule has 0 fully saturated rings. The van der Waals surface area contributed by atoms with Crippen LogP contribution in [0.5, 0.6) is 5.75 Å². The molecule has 5 nitrogen and oxygen atoms in total. The van der Waals surface area contributed by atoms with E-state index in [-0.39, 0.29) is 11.9 Å². The van der Waals surface area contributed by atoms with E-state index in [9.17, 15) is 4.79 Å². The second-order valence-electron chi connectivity index (χ2n) is 8.19. The van der Waals surface area contributed by atoms with E-state index >= 15 is 0 Å². The van der Waals surface area contributed by atoms with Crippen LogP contribution in [0.15, 0.2) is 84.1 Å². The van der Waals surface area contributed by atoms with Crippen LogP contribution in [-0.4, -0.2) is 11.0 Å². The molecule has 0 saturated heterocycles. The van der Waals surface area contributed by atoms with E-state index in [0.717, 1.165) is 39.4 Å². The number of hydrogen-bond acceptors (Lipinski definition) is 3. The zero-order chi connectivity index (χ0) is 23.4. The summed E-state index contributed by atoms with van der Waals surface area (Å²) in [7, 11) is 0. The molecule has 3 N–H and O–H groups in total. The van der Waals surface area contributed by atoms with Gasteiger partial charge in [-0.15, -0.1) is 0 Å². The molecule has 1 aliphatic heterocycles. The summed E-state index contributed by atoms with van der Waals surface area (Å²) in [5, 5.41) is 9.87. The van der Waals surface area contributed by atoms with Crippen molar-refractivity contribution in [1.82, 2.24) is 10.6 Å². The molecule has 0 bridgehead atoms. The molecule has 1 atom stereocenters. The maximum absolute atomic E-state index is 13.3. The smallest absolute Gasteiger partial charge is 0.255 e. The highest BCUT2D eigenvalue weighted by Crippen LogP contribution is 2.29. The van der Waals surface area contributed by atoms with Gasteiger partial charge in [0, 0.05) is 11.4 Å². The summed E-state index contributed by atoms with van der Waals surface area (Å²) in [6, 6.07) is 23.4. The molecule has 1 amide bonds. The van der Waals surface area contributed by atoms with Gasteiger partial charge in [0.2, 0.25) is 0 Å². The van der Waals surface area contributed by atoms with Gasteiger partial charge >= 0.3 is 0 Å². The molecule has 6 heteroatoms. The van der Waals surface area contributed by atoms with Gasteiger partial charge in [-0.2, -0.15) is 0 Å². The number of allylic oxidation sites excluding steroid dienone is 1. The first-order valence-corrected chi connectivity index (χ1v) is 11.2. The largest absolute Gasteiger partial charge is 0.489 e. The van der Waals surface area contributed by atoms with Crippen LogP contribution in [-0.2, 0) is 11.4 Å². The lowest BCUT2D eigenvalue weighted by Crippen LogP contribution is -2.45. The Morgan fingerprint density at radius 2 is 1.73 bits per heavy atom. The average molecular weight is 458 g/mol. The average Bonchev–Trinajstić information content (AvgIpc) is 2.80. The van der Waals surface area contributed by atoms with Gasteiger partial charge in [-0.1, -0.05) is 60.2 Å². The van der Waals surface area contributed by atoms with E-state index in [0.29, 0.717) is 17.3 Å². The minimum absolute atomic E-state index is 0.170. The molecule has 1 aliphatic rings. The predicted molar refractivity (Wildman–Crippen MR) is 136 cm³/mol. The van der Waals surface area contributed by atoms with Crippen LogP contribution < -0.4 is 20.7 Å². The Morgan fingerprint density at radius 1 is 1.00 bits per heavy atom. The number of hydrogen-bond donors (Lipinski definition) is 3. The van der Waals surface area contributed by atoms with Gasteiger partial charge in [-0.05, 0) is 67.9 Å². The number of benzene rings is 3. The van der Waals surface area contributed by atoms with E-state index in [2.05, 4.69) is 22.0 Å². The summed E-state index contributed by atoms with van der Waals surface area (Å²) in [6.07, 6.45) is 0. The fourth-order valence-corrected chi connectivity index (χ4v) is 4.16. The van der Waals surface area contributed by atoms with Crippen LogP contribution in [0.1, 0.15) is 35.2 Å². The van der Waals surface area contributed by atoms with E-state index in [4.69, 9.17) is 17.0 Å². The minimum Gasteiger partial charge on any atom is -0.489 e. The second-order valence-corrected chi connectivity index (χ2v) is 8.59. The van der Waals surface area contributed by atoms with Crippen LogP contribution in [0.3, 0.4) is 0 Å². The van der Waals surface area contributed by atoms with Crippen molar-refractivity contribution in [3.05, 3.63) is 106 Å². The Kier molecular flexibility index (Phi) is 6.75. The van der Waals surface area contributed by atoms with Gasteiger partial charge in [-0.3, -0.25) is 4.79 Å². The van der Waals surface area contributed by atoms with Crippen molar-refractivity contribution in [2.24, 2.45) is 0 Å². The maximum atomic E-state index is 13.3. The first-order chi connectivity index (χ1) is 15.9. The van der Waals surface area contributed by atoms with Crippen LogP contribution in [0.4, 0.5) is 5.69 Å². The number of carbonyl (C=O) groups excluding carboxylic acids is 1. The molecule has 33 heavy (non-hydrogen) atoms. The highest BCUT2D eigenvalue weighted by molar-refractivity contribution is 7.80. The number of carbonyl (C=O) groups is 1. The van der Waals surface area contributed by atoms with Crippen molar-refractivity contribution in [1.29, 1.82) is 0 Å². The van der Waals surface area contributed by atoms with Crippen molar-refractivity contribution in [3.63, 3.8) is 0 Å². The van der Waals surface area contributed by atoms with Crippen molar-refractivity contribution in [3.8, 4) is 5.75 Å². The molecule has 1 heterocycles. The predicted octanol–water partition coefficient (Wildman–Crippen LogP) is 5.31. The molecule has 0 saturated carbocycles. The lowest BCUT2D eigenvalue weighted by Gasteiger charge is -2.30. The standard InChI is InChI=1S/C27H27N3O2S/c1-17-9-14-23(18(2)15-17)29-26(31)24-19(3)28-27(33)30-25(24)21-10-12-22(13-11-21)32-16-20-7-5-4-6-8-20/h4-15,25H,16H2,1-3H3,(H,29,31)(H2,28,30,33)/t25-/m1/s1. The van der Waals surface area contributed by atoms with E-state index in [1.807, 2.05) is 87.5 Å². The van der Waals surface area contributed by atoms with E-state index < -0.39 is 0 Å². The molecule has 0 unspecified atom stereocenters. The highest BCUT2D eigenvalue weighted by atomic mass is 32.1. The molecule has 3 aromatic rings. The lowest BCUT2D eigenvalue weighted by molar-refractivity contribution is -0.113. The summed E-state index contributed by atoms with van der Waals surface area (Å²) in [4.78, 5) is 13.3. The van der Waals surface area contributed by atoms with Gasteiger partial charge in [-0.25, -0.2) is 0 Å². The van der Waals surface area contributed by atoms with Gasteiger partial charge < -0.3 is 20.7 Å². The minimum atomic E-state index is -0.368. The third-order valence-corrected chi connectivity index (χ3v) is 5.83. The quantitative estimate of drug-likeness (QED) is 0.438. The topological polar surface area (TPSA) is 62.4 Å². The Balaban J connectivity index is 1.53. The Morgan fingerprint density at radius 3 is 2.42 bits per heavy atom. The van der Waals surface area contributed by atoms with Gasteiger partial charge in [0.25, 0.3) is 5.91 Å². The molecule has 0 radical (unpaired) electrons. The molecule has 0 aliphatic carbocycles. The highest BCUT2D eigenvalue weighted by Gasteiger charge is 2.30. The molecular weight excluding hydrogens is 430 g/mol. The Bertz CT molecular complexity index is 1200. The van der Waals surface area contributed by atoms with Gasteiger partial charge in [0.05, 0.1) is 11.6 Å². The van der Waals surface area contributed by atoms with Crippen molar-refractivity contribution in [2.45, 2.75) is 33.4 Å². The first-order valence-electron chi connectivity index (χ1n) is 10.8. The summed E-state index contributed by atoms with van der Waals surface area (Å²) < 4.78 is 5.90. The van der Waals surface area contributed by atoms with Crippen LogP contribution in [0.2, 0.25) is 0 Å². The van der Waals surface area contributed by atoms with Gasteiger partial charge in [0.15, 0.2) is 5.11 Å². The summed E-state index contributed by atoms with van der Waals surface area (Å²) in [5.41, 5.74) is 6.33. The second kappa shape index (κ2) is 9.88. The monoisotopic (exact) mass is 457 g/mol. The number of anilines is 1. The van der Waals surface area contributed by atoms with Crippen molar-refractivity contribution in [2.75, 3.05) is 5.32 Å². The lowest BCUT2D eigenvalue weighted by atomic mass is 9.94. The Labute approximate surface area is 199 Å². The van der Waals surface area contributed by atoms with Crippen molar-refractivity contribution < 1.29 is 9.53 Å². The number of ether oxygens (including phenoxy) is 1. The zero-order valence-corrected chi connectivity index (χ0v) is 19.8. The normalized spacial score (nSPS) is 15.5. The molecule has 3 aromatic carbocycles. The van der Waals surface area contributed by atoms with Crippen LogP contribution in [0, 0.1) is 13.8 Å². The molecule has 0 spiro atoms. The number of thiocarbonyl (C=S) groups is 1. The molecule has 4 rings (SSSR count). The SMILES string of the molecule is CC1=C(C(=O)Nc2ccc(C)cc2C)[C@@H](c2ccc(OCc3ccccc3)cc2)NC(=S)N1.